The molecule has 0 atom stereocenters. The van der Waals surface area contributed by atoms with Crippen LogP contribution in [-0.2, 0) is 20.8 Å². The van der Waals surface area contributed by atoms with Crippen LogP contribution in [0.2, 0.25) is 0 Å². The predicted octanol–water partition coefficient (Wildman–Crippen LogP) is 1.39. The molecule has 1 heterocycles. The predicted molar refractivity (Wildman–Crippen MR) is 116 cm³/mol. The summed E-state index contributed by atoms with van der Waals surface area (Å²) in [5.41, 5.74) is 1.15. The van der Waals surface area contributed by atoms with Crippen LogP contribution in [0, 0.1) is 11.8 Å². The molecule has 8 nitrogen and oxygen atoms in total. The molecule has 1 saturated heterocycles. The zero-order chi connectivity index (χ0) is 22.2. The largest absolute Gasteiger partial charge is 0.497 e. The highest BCUT2D eigenvalue weighted by molar-refractivity contribution is 5.81. The topological polar surface area (TPSA) is 99.2 Å². The molecule has 0 aromatic heterocycles. The minimum atomic E-state index is -0.833. The first-order valence-corrected chi connectivity index (χ1v) is 11.1. The average Bonchev–Trinajstić information content (AvgIpc) is 2.79. The molecule has 0 spiro atoms. The van der Waals surface area contributed by atoms with E-state index >= 15 is 0 Å². The van der Waals surface area contributed by atoms with Gasteiger partial charge in [0, 0.05) is 44.6 Å². The number of piperazine rings is 1. The van der Waals surface area contributed by atoms with Crippen LogP contribution in [0.3, 0.4) is 0 Å². The quantitative estimate of drug-likeness (QED) is 0.645. The molecule has 1 aliphatic carbocycles. The molecule has 2 fully saturated rings. The van der Waals surface area contributed by atoms with Crippen molar-refractivity contribution in [2.45, 2.75) is 32.1 Å². The van der Waals surface area contributed by atoms with E-state index in [2.05, 4.69) is 5.32 Å². The first-order chi connectivity index (χ1) is 15.0. The van der Waals surface area contributed by atoms with Crippen molar-refractivity contribution in [3.05, 3.63) is 29.8 Å². The van der Waals surface area contributed by atoms with Gasteiger partial charge in [-0.15, -0.1) is 0 Å². The van der Waals surface area contributed by atoms with E-state index in [4.69, 9.17) is 9.84 Å². The van der Waals surface area contributed by atoms with E-state index in [0.717, 1.165) is 43.4 Å². The number of carbonyl (C=O) groups excluding carboxylic acids is 2. The number of amides is 2. The maximum absolute atomic E-state index is 12.8. The SMILES string of the molecule is COc1ccc(CCNC(=O)C2CCC(C(=O)N3CCN(CC(=O)O)CC3)CC2)cc1. The lowest BCUT2D eigenvalue weighted by Gasteiger charge is -2.37. The summed E-state index contributed by atoms with van der Waals surface area (Å²) < 4.78 is 5.15. The first kappa shape index (κ1) is 23.1. The Morgan fingerprint density at radius 1 is 1.00 bits per heavy atom. The molecular formula is C23H33N3O5. The first-order valence-electron chi connectivity index (χ1n) is 11.1. The molecule has 1 saturated carbocycles. The van der Waals surface area contributed by atoms with E-state index in [1.165, 1.54) is 0 Å². The summed E-state index contributed by atoms with van der Waals surface area (Å²) in [6, 6.07) is 7.84. The van der Waals surface area contributed by atoms with Gasteiger partial charge in [0.15, 0.2) is 0 Å². The number of carboxylic acids is 1. The lowest BCUT2D eigenvalue weighted by atomic mass is 9.80. The fourth-order valence-corrected chi connectivity index (χ4v) is 4.44. The summed E-state index contributed by atoms with van der Waals surface area (Å²) in [5, 5.41) is 11.9. The molecular weight excluding hydrogens is 398 g/mol. The number of nitrogens with zero attached hydrogens (tertiary/aromatic N) is 2. The van der Waals surface area contributed by atoms with E-state index in [0.29, 0.717) is 32.7 Å². The fraction of sp³-hybridized carbons (Fsp3) is 0.609. The van der Waals surface area contributed by atoms with Crippen LogP contribution in [0.1, 0.15) is 31.2 Å². The van der Waals surface area contributed by atoms with Crippen LogP contribution >= 0.6 is 0 Å². The molecule has 31 heavy (non-hydrogen) atoms. The molecule has 0 radical (unpaired) electrons. The van der Waals surface area contributed by atoms with Crippen LogP contribution in [-0.4, -0.2) is 79.1 Å². The molecule has 3 rings (SSSR count). The van der Waals surface area contributed by atoms with Crippen LogP contribution < -0.4 is 10.1 Å². The van der Waals surface area contributed by atoms with Gasteiger partial charge >= 0.3 is 5.97 Å². The second kappa shape index (κ2) is 11.1. The van der Waals surface area contributed by atoms with Crippen molar-refractivity contribution in [2.24, 2.45) is 11.8 Å². The Labute approximate surface area is 183 Å². The smallest absolute Gasteiger partial charge is 0.317 e. The Morgan fingerprint density at radius 2 is 1.61 bits per heavy atom. The normalized spacial score (nSPS) is 22.0. The third-order valence-corrected chi connectivity index (χ3v) is 6.36. The zero-order valence-corrected chi connectivity index (χ0v) is 18.2. The molecule has 1 aromatic rings. The second-order valence-electron chi connectivity index (χ2n) is 8.43. The lowest BCUT2D eigenvalue weighted by Crippen LogP contribution is -2.51. The maximum Gasteiger partial charge on any atom is 0.317 e. The monoisotopic (exact) mass is 431 g/mol. The van der Waals surface area contributed by atoms with Gasteiger partial charge in [-0.25, -0.2) is 0 Å². The Bertz CT molecular complexity index is 751. The number of hydrogen-bond acceptors (Lipinski definition) is 5. The third kappa shape index (κ3) is 6.69. The van der Waals surface area contributed by atoms with E-state index in [9.17, 15) is 14.4 Å². The summed E-state index contributed by atoms with van der Waals surface area (Å²) in [5.74, 6) is 0.193. The highest BCUT2D eigenvalue weighted by Gasteiger charge is 2.33. The van der Waals surface area contributed by atoms with Crippen molar-refractivity contribution in [3.63, 3.8) is 0 Å². The second-order valence-corrected chi connectivity index (χ2v) is 8.43. The molecule has 0 bridgehead atoms. The Morgan fingerprint density at radius 3 is 2.19 bits per heavy atom. The van der Waals surface area contributed by atoms with E-state index in [1.807, 2.05) is 34.1 Å². The van der Waals surface area contributed by atoms with E-state index < -0.39 is 5.97 Å². The van der Waals surface area contributed by atoms with Crippen molar-refractivity contribution in [2.75, 3.05) is 46.4 Å². The summed E-state index contributed by atoms with van der Waals surface area (Å²) >= 11 is 0. The Hall–Kier alpha value is -2.61. The summed E-state index contributed by atoms with van der Waals surface area (Å²) in [6.07, 6.45) is 3.74. The van der Waals surface area contributed by atoms with Crippen molar-refractivity contribution in [1.29, 1.82) is 0 Å². The number of benzene rings is 1. The number of rotatable bonds is 8. The number of methoxy groups -OCH3 is 1. The van der Waals surface area contributed by atoms with Crippen LogP contribution in [0.5, 0.6) is 5.75 Å². The van der Waals surface area contributed by atoms with Crippen molar-refractivity contribution in [3.8, 4) is 5.75 Å². The highest BCUT2D eigenvalue weighted by Crippen LogP contribution is 2.30. The molecule has 1 aliphatic heterocycles. The van der Waals surface area contributed by atoms with Crippen molar-refractivity contribution in [1.82, 2.24) is 15.1 Å². The third-order valence-electron chi connectivity index (χ3n) is 6.36. The molecule has 1 aromatic carbocycles. The number of nitrogens with one attached hydrogen (secondary N) is 1. The number of ether oxygens (including phenoxy) is 1. The van der Waals surface area contributed by atoms with Gasteiger partial charge in [-0.05, 0) is 49.8 Å². The summed E-state index contributed by atoms with van der Waals surface area (Å²) in [7, 11) is 1.64. The van der Waals surface area contributed by atoms with Crippen LogP contribution in [0.15, 0.2) is 24.3 Å². The molecule has 0 unspecified atom stereocenters. The van der Waals surface area contributed by atoms with Gasteiger partial charge < -0.3 is 20.1 Å². The molecule has 2 amide bonds. The molecule has 8 heteroatoms. The van der Waals surface area contributed by atoms with Gasteiger partial charge in [-0.2, -0.15) is 0 Å². The van der Waals surface area contributed by atoms with Gasteiger partial charge in [0.2, 0.25) is 11.8 Å². The number of carboxylic acid groups (broad SMARTS) is 1. The van der Waals surface area contributed by atoms with Gasteiger partial charge in [-0.3, -0.25) is 19.3 Å². The minimum absolute atomic E-state index is 0.0191. The van der Waals surface area contributed by atoms with Crippen LogP contribution in [0.25, 0.3) is 0 Å². The van der Waals surface area contributed by atoms with E-state index in [1.54, 1.807) is 7.11 Å². The number of aliphatic carboxylic acids is 1. The highest BCUT2D eigenvalue weighted by atomic mass is 16.5. The summed E-state index contributed by atoms with van der Waals surface area (Å²) in [4.78, 5) is 39.9. The number of hydrogen-bond donors (Lipinski definition) is 2. The molecule has 170 valence electrons. The molecule has 2 N–H and O–H groups in total. The van der Waals surface area contributed by atoms with E-state index in [-0.39, 0.29) is 30.2 Å². The van der Waals surface area contributed by atoms with Crippen molar-refractivity contribution >= 4 is 17.8 Å². The number of carbonyl (C=O) groups is 3. The van der Waals surface area contributed by atoms with Gasteiger partial charge in [0.25, 0.3) is 0 Å². The summed E-state index contributed by atoms with van der Waals surface area (Å²) in [6.45, 7) is 3.00. The zero-order valence-electron chi connectivity index (χ0n) is 18.2. The Kier molecular flexibility index (Phi) is 8.28. The van der Waals surface area contributed by atoms with Crippen LogP contribution in [0.4, 0.5) is 0 Å². The van der Waals surface area contributed by atoms with Gasteiger partial charge in [0.05, 0.1) is 13.7 Å². The standard InChI is InChI=1S/C23H33N3O5/c1-31-20-8-2-17(3-9-20)10-11-24-22(29)18-4-6-19(7-5-18)23(30)26-14-12-25(13-15-26)16-21(27)28/h2-3,8-9,18-19H,4-7,10-16H2,1H3,(H,24,29)(H,27,28). The minimum Gasteiger partial charge on any atom is -0.497 e. The van der Waals surface area contributed by atoms with Gasteiger partial charge in [0.1, 0.15) is 5.75 Å². The molecule has 2 aliphatic rings. The lowest BCUT2D eigenvalue weighted by molar-refractivity contribution is -0.142. The average molecular weight is 432 g/mol. The Balaban J connectivity index is 1.35. The fourth-order valence-electron chi connectivity index (χ4n) is 4.44. The van der Waals surface area contributed by atoms with Crippen molar-refractivity contribution < 1.29 is 24.2 Å². The maximum atomic E-state index is 12.8. The van der Waals surface area contributed by atoms with Gasteiger partial charge in [-0.1, -0.05) is 12.1 Å².